The topological polar surface area (TPSA) is 17.1 Å². The molecule has 0 N–H and O–H groups in total. The van der Waals surface area contributed by atoms with Crippen molar-refractivity contribution in [3.63, 3.8) is 0 Å². The lowest BCUT2D eigenvalue weighted by Gasteiger charge is -2.11. The number of hydrogen-bond donors (Lipinski definition) is 0. The first kappa shape index (κ1) is 8.42. The lowest BCUT2D eigenvalue weighted by Crippen LogP contribution is -2.10. The Morgan fingerprint density at radius 1 is 1.46 bits per heavy atom. The Morgan fingerprint density at radius 2 is 2.15 bits per heavy atom. The third-order valence-electron chi connectivity index (χ3n) is 2.82. The molecule has 1 fully saturated rings. The van der Waals surface area contributed by atoms with Crippen LogP contribution in [0.25, 0.3) is 0 Å². The molecule has 1 aliphatic rings. The van der Waals surface area contributed by atoms with Crippen LogP contribution in [0.2, 0.25) is 0 Å². The van der Waals surface area contributed by atoms with Crippen molar-refractivity contribution in [2.24, 2.45) is 0 Å². The minimum absolute atomic E-state index is 0.217. The molecule has 1 nitrogen and oxygen atoms in total. The van der Waals surface area contributed by atoms with Crippen molar-refractivity contribution in [1.29, 1.82) is 0 Å². The fourth-order valence-electron chi connectivity index (χ4n) is 1.73. The molecule has 68 valence electrons. The quantitative estimate of drug-likeness (QED) is 0.635. The molecule has 2 heteroatoms. The zero-order chi connectivity index (χ0) is 9.47. The van der Waals surface area contributed by atoms with E-state index < -0.39 is 0 Å². The van der Waals surface area contributed by atoms with E-state index in [2.05, 4.69) is 0 Å². The molecule has 0 bridgehead atoms. The van der Waals surface area contributed by atoms with Crippen molar-refractivity contribution in [3.05, 3.63) is 35.1 Å². The fraction of sp³-hybridized carbons (Fsp3) is 0.364. The van der Waals surface area contributed by atoms with E-state index in [0.29, 0.717) is 5.56 Å². The van der Waals surface area contributed by atoms with E-state index in [-0.39, 0.29) is 11.2 Å². The van der Waals surface area contributed by atoms with Gasteiger partial charge >= 0.3 is 0 Å². The first-order chi connectivity index (χ1) is 6.19. The third kappa shape index (κ3) is 1.17. The van der Waals surface area contributed by atoms with E-state index in [4.69, 9.17) is 0 Å². The van der Waals surface area contributed by atoms with Gasteiger partial charge in [-0.15, -0.1) is 0 Å². The van der Waals surface area contributed by atoms with E-state index in [0.717, 1.165) is 24.7 Å². The average Bonchev–Trinajstić information content (AvgIpc) is 2.90. The third-order valence-corrected chi connectivity index (χ3v) is 2.82. The minimum atomic E-state index is -0.355. The van der Waals surface area contributed by atoms with Gasteiger partial charge in [-0.1, -0.05) is 12.1 Å². The second-order valence-corrected chi connectivity index (χ2v) is 3.69. The summed E-state index contributed by atoms with van der Waals surface area (Å²) in [7, 11) is 0. The van der Waals surface area contributed by atoms with Crippen LogP contribution in [0.5, 0.6) is 0 Å². The van der Waals surface area contributed by atoms with Gasteiger partial charge in [0, 0.05) is 0 Å². The summed E-state index contributed by atoms with van der Waals surface area (Å²) in [6, 6.07) is 4.95. The largest absolute Gasteiger partial charge is 0.302 e. The molecule has 1 aromatic carbocycles. The van der Waals surface area contributed by atoms with Gasteiger partial charge in [0.1, 0.15) is 12.1 Å². The zero-order valence-electron chi connectivity index (χ0n) is 7.51. The van der Waals surface area contributed by atoms with Crippen LogP contribution in [-0.2, 0) is 10.2 Å². The second kappa shape index (κ2) is 2.66. The van der Waals surface area contributed by atoms with Crippen molar-refractivity contribution in [2.75, 3.05) is 0 Å². The van der Waals surface area contributed by atoms with Crippen LogP contribution in [0.15, 0.2) is 18.2 Å². The molecule has 0 heterocycles. The number of carbonyl (C=O) groups excluding carboxylic acids is 1. The van der Waals surface area contributed by atoms with E-state index in [1.54, 1.807) is 13.0 Å². The van der Waals surface area contributed by atoms with Gasteiger partial charge in [0.2, 0.25) is 0 Å². The zero-order valence-corrected chi connectivity index (χ0v) is 7.51. The van der Waals surface area contributed by atoms with Crippen molar-refractivity contribution in [1.82, 2.24) is 0 Å². The molecular formula is C11H11FO. The SMILES string of the molecule is Cc1c(F)cccc1C1(C=O)CC1. The van der Waals surface area contributed by atoms with Gasteiger partial charge in [-0.3, -0.25) is 0 Å². The highest BCUT2D eigenvalue weighted by atomic mass is 19.1. The summed E-state index contributed by atoms with van der Waals surface area (Å²) in [6.45, 7) is 1.73. The Morgan fingerprint density at radius 3 is 2.69 bits per heavy atom. The Kier molecular flexibility index (Phi) is 1.72. The van der Waals surface area contributed by atoms with Crippen LogP contribution in [0.4, 0.5) is 4.39 Å². The summed E-state index contributed by atoms with van der Waals surface area (Å²) in [5.41, 5.74) is 1.13. The maximum atomic E-state index is 13.2. The normalized spacial score (nSPS) is 18.3. The van der Waals surface area contributed by atoms with Crippen LogP contribution in [0.3, 0.4) is 0 Å². The van der Waals surface area contributed by atoms with Crippen molar-refractivity contribution < 1.29 is 9.18 Å². The van der Waals surface area contributed by atoms with E-state index in [1.165, 1.54) is 6.07 Å². The molecule has 0 spiro atoms. The Hall–Kier alpha value is -1.18. The van der Waals surface area contributed by atoms with Crippen LogP contribution >= 0.6 is 0 Å². The smallest absolute Gasteiger partial charge is 0.130 e. The van der Waals surface area contributed by atoms with E-state index in [9.17, 15) is 9.18 Å². The van der Waals surface area contributed by atoms with Gasteiger partial charge in [-0.25, -0.2) is 4.39 Å². The fourth-order valence-corrected chi connectivity index (χ4v) is 1.73. The van der Waals surface area contributed by atoms with Crippen molar-refractivity contribution in [2.45, 2.75) is 25.2 Å². The van der Waals surface area contributed by atoms with Crippen molar-refractivity contribution in [3.8, 4) is 0 Å². The van der Waals surface area contributed by atoms with Gasteiger partial charge < -0.3 is 4.79 Å². The van der Waals surface area contributed by atoms with Gasteiger partial charge in [-0.05, 0) is 37.0 Å². The molecule has 0 aliphatic heterocycles. The standard InChI is InChI=1S/C11H11FO/c1-8-9(3-2-4-10(8)12)11(7-13)5-6-11/h2-4,7H,5-6H2,1H3. The average molecular weight is 178 g/mol. The van der Waals surface area contributed by atoms with Crippen molar-refractivity contribution >= 4 is 6.29 Å². The number of benzene rings is 1. The molecular weight excluding hydrogens is 167 g/mol. The van der Waals surface area contributed by atoms with Gasteiger partial charge in [0.25, 0.3) is 0 Å². The molecule has 0 atom stereocenters. The molecule has 0 unspecified atom stereocenters. The summed E-state index contributed by atoms with van der Waals surface area (Å²) in [6.07, 6.45) is 2.68. The summed E-state index contributed by atoms with van der Waals surface area (Å²) >= 11 is 0. The molecule has 2 rings (SSSR count). The van der Waals surface area contributed by atoms with Crippen LogP contribution in [0.1, 0.15) is 24.0 Å². The number of hydrogen-bond acceptors (Lipinski definition) is 1. The highest BCUT2D eigenvalue weighted by Crippen LogP contribution is 2.47. The van der Waals surface area contributed by atoms with Crippen LogP contribution < -0.4 is 0 Å². The van der Waals surface area contributed by atoms with Crippen LogP contribution in [0, 0.1) is 12.7 Å². The summed E-state index contributed by atoms with van der Waals surface area (Å²) < 4.78 is 13.2. The first-order valence-electron chi connectivity index (χ1n) is 4.41. The van der Waals surface area contributed by atoms with Gasteiger partial charge in [-0.2, -0.15) is 0 Å². The molecule has 1 aliphatic carbocycles. The molecule has 0 radical (unpaired) electrons. The molecule has 0 aromatic heterocycles. The predicted molar refractivity (Wildman–Crippen MR) is 48.1 cm³/mol. The van der Waals surface area contributed by atoms with Crippen LogP contribution in [-0.4, -0.2) is 6.29 Å². The molecule has 13 heavy (non-hydrogen) atoms. The maximum Gasteiger partial charge on any atom is 0.130 e. The Balaban J connectivity index is 2.52. The highest BCUT2D eigenvalue weighted by molar-refractivity contribution is 5.73. The Bertz CT molecular complexity index is 353. The Labute approximate surface area is 76.6 Å². The monoisotopic (exact) mass is 178 g/mol. The van der Waals surface area contributed by atoms with E-state index >= 15 is 0 Å². The second-order valence-electron chi connectivity index (χ2n) is 3.69. The van der Waals surface area contributed by atoms with E-state index in [1.807, 2.05) is 6.07 Å². The maximum absolute atomic E-state index is 13.2. The highest BCUT2D eigenvalue weighted by Gasteiger charge is 2.45. The first-order valence-corrected chi connectivity index (χ1v) is 4.41. The minimum Gasteiger partial charge on any atom is -0.302 e. The molecule has 1 saturated carbocycles. The lowest BCUT2D eigenvalue weighted by atomic mass is 9.93. The number of carbonyl (C=O) groups is 1. The molecule has 1 aromatic rings. The lowest BCUT2D eigenvalue weighted by molar-refractivity contribution is -0.109. The molecule has 0 saturated heterocycles. The van der Waals surface area contributed by atoms with Gasteiger partial charge in [0.05, 0.1) is 5.41 Å². The summed E-state index contributed by atoms with van der Waals surface area (Å²) in [5, 5.41) is 0. The summed E-state index contributed by atoms with van der Waals surface area (Å²) in [5.74, 6) is -0.217. The number of aldehydes is 1. The van der Waals surface area contributed by atoms with Gasteiger partial charge in [0.15, 0.2) is 0 Å². The number of halogens is 1. The molecule has 0 amide bonds. The number of rotatable bonds is 2. The predicted octanol–water partition coefficient (Wildman–Crippen LogP) is 2.36. The summed E-state index contributed by atoms with van der Waals surface area (Å²) in [4.78, 5) is 10.8.